The zero-order valence-corrected chi connectivity index (χ0v) is 31.2. The first-order valence-electron chi connectivity index (χ1n) is 19.1. The molecule has 11 heteroatoms. The molecule has 53 heavy (non-hydrogen) atoms. The van der Waals surface area contributed by atoms with Crippen LogP contribution in [0.3, 0.4) is 0 Å². The van der Waals surface area contributed by atoms with Gasteiger partial charge in [0.25, 0.3) is 0 Å². The summed E-state index contributed by atoms with van der Waals surface area (Å²) in [6, 6.07) is 15.8. The molecule has 0 saturated carbocycles. The maximum Gasteiger partial charge on any atom is 0.240 e. The van der Waals surface area contributed by atoms with Crippen molar-refractivity contribution >= 4 is 22.6 Å². The van der Waals surface area contributed by atoms with Gasteiger partial charge in [0.2, 0.25) is 11.8 Å². The van der Waals surface area contributed by atoms with Gasteiger partial charge < -0.3 is 36.0 Å². The number of imidazole rings is 2. The largest absolute Gasteiger partial charge is 0.456 e. The Morgan fingerprint density at radius 3 is 1.87 bits per heavy atom. The molecule has 5 atom stereocenters. The lowest BCUT2D eigenvalue weighted by Crippen LogP contribution is -2.46. The molecule has 3 aromatic carbocycles. The van der Waals surface area contributed by atoms with Crippen molar-refractivity contribution in [3.8, 4) is 34.0 Å². The number of rotatable bonds is 8. The van der Waals surface area contributed by atoms with E-state index in [1.54, 1.807) is 0 Å². The Kier molecular flexibility index (Phi) is 9.10. The maximum absolute atomic E-state index is 13.1. The van der Waals surface area contributed by atoms with Gasteiger partial charge in [-0.2, -0.15) is 0 Å². The van der Waals surface area contributed by atoms with Gasteiger partial charge in [-0.1, -0.05) is 52.8 Å². The molecule has 5 aromatic rings. The molecular weight excluding hydrogens is 665 g/mol. The molecule has 2 amide bonds. The van der Waals surface area contributed by atoms with E-state index in [1.807, 2.05) is 56.0 Å². The minimum atomic E-state index is -0.513. The van der Waals surface area contributed by atoms with E-state index in [9.17, 15) is 9.59 Å². The molecule has 6 N–H and O–H groups in total. The Hall–Kier alpha value is -5.00. The standard InChI is InChI=1S/C42H50N8O3/c1-22(2)36(43)41(51)49-16-6-8-33(49)39-45-20-31(47-39)26-11-14-29-25(18-26)10-13-28-24(5)30-19-27(12-15-35(30)53-38(28)29)32-21-46-40(48-32)34-9-7-17-50(34)42(52)37(44)23(3)4/h10-15,18-24,33-34,36-37H,6-9,16-17,43-44H2,1-5H3,(H,45,47)(H,46,48)/t24?,33-,34-,36-,37-/m0/s1. The first-order chi connectivity index (χ1) is 25.5. The third kappa shape index (κ3) is 6.19. The molecule has 3 aliphatic rings. The van der Waals surface area contributed by atoms with E-state index >= 15 is 0 Å². The van der Waals surface area contributed by atoms with Crippen LogP contribution in [-0.4, -0.2) is 66.7 Å². The molecule has 2 saturated heterocycles. The van der Waals surface area contributed by atoms with Gasteiger partial charge in [0.15, 0.2) is 0 Å². The molecule has 11 nitrogen and oxygen atoms in total. The number of nitrogens with zero attached hydrogens (tertiary/aromatic N) is 4. The topological polar surface area (TPSA) is 159 Å². The smallest absolute Gasteiger partial charge is 0.240 e. The second-order valence-electron chi connectivity index (χ2n) is 15.8. The molecule has 2 aromatic heterocycles. The number of aromatic amines is 2. The van der Waals surface area contributed by atoms with Crippen molar-refractivity contribution in [1.82, 2.24) is 29.7 Å². The highest BCUT2D eigenvalue weighted by Crippen LogP contribution is 2.48. The predicted molar refractivity (Wildman–Crippen MR) is 206 cm³/mol. The van der Waals surface area contributed by atoms with Gasteiger partial charge in [0.05, 0.1) is 47.9 Å². The van der Waals surface area contributed by atoms with Crippen molar-refractivity contribution in [2.24, 2.45) is 23.3 Å². The summed E-state index contributed by atoms with van der Waals surface area (Å²) in [6.07, 6.45) is 7.32. The quantitative estimate of drug-likeness (QED) is 0.133. The van der Waals surface area contributed by atoms with E-state index in [0.717, 1.165) is 93.2 Å². The number of carbonyl (C=O) groups is 2. The number of fused-ring (bicyclic) bond motifs is 4. The molecule has 8 rings (SSSR count). The Balaban J connectivity index is 1.01. The fourth-order valence-electron chi connectivity index (χ4n) is 8.25. The third-order valence-corrected chi connectivity index (χ3v) is 11.7. The van der Waals surface area contributed by atoms with E-state index < -0.39 is 12.1 Å². The number of amides is 2. The monoisotopic (exact) mass is 714 g/mol. The van der Waals surface area contributed by atoms with Crippen LogP contribution in [0.2, 0.25) is 0 Å². The zero-order valence-electron chi connectivity index (χ0n) is 31.2. The SMILES string of the molecule is CC1c2cc(-c3cnc([C@@H]4CCCN4C(=O)[C@@H](N)C(C)C)[nH]3)ccc2Oc2c1ccc1cc(-c3cnc([C@@H]4CCCN4C(=O)[C@@H](N)C(C)C)[nH]3)ccc21. The van der Waals surface area contributed by atoms with Crippen LogP contribution in [0.25, 0.3) is 33.3 Å². The maximum atomic E-state index is 13.1. The number of H-pyrrole nitrogens is 2. The number of nitrogens with two attached hydrogens (primary N) is 2. The van der Waals surface area contributed by atoms with Crippen molar-refractivity contribution in [3.05, 3.63) is 83.7 Å². The number of likely N-dealkylation sites (tertiary alicyclic amines) is 2. The van der Waals surface area contributed by atoms with Gasteiger partial charge in [-0.05, 0) is 73.2 Å². The number of aromatic nitrogens is 4. The molecule has 276 valence electrons. The highest BCUT2D eigenvalue weighted by Gasteiger charge is 2.37. The summed E-state index contributed by atoms with van der Waals surface area (Å²) in [5, 5.41) is 2.12. The van der Waals surface area contributed by atoms with Crippen LogP contribution in [0.1, 0.15) is 101 Å². The third-order valence-electron chi connectivity index (χ3n) is 11.7. The Morgan fingerprint density at radius 1 is 0.755 bits per heavy atom. The highest BCUT2D eigenvalue weighted by molar-refractivity contribution is 5.94. The first kappa shape index (κ1) is 35.1. The van der Waals surface area contributed by atoms with Crippen LogP contribution >= 0.6 is 0 Å². The van der Waals surface area contributed by atoms with Crippen molar-refractivity contribution in [3.63, 3.8) is 0 Å². The fourth-order valence-corrected chi connectivity index (χ4v) is 8.25. The molecule has 0 radical (unpaired) electrons. The number of hydrogen-bond donors (Lipinski definition) is 4. The molecule has 1 unspecified atom stereocenters. The van der Waals surface area contributed by atoms with Gasteiger partial charge in [-0.15, -0.1) is 0 Å². The average molecular weight is 715 g/mol. The number of nitrogens with one attached hydrogen (secondary N) is 2. The molecule has 0 aliphatic carbocycles. The normalized spacial score (nSPS) is 20.9. The van der Waals surface area contributed by atoms with Crippen LogP contribution in [-0.2, 0) is 9.59 Å². The summed E-state index contributed by atoms with van der Waals surface area (Å²) >= 11 is 0. The van der Waals surface area contributed by atoms with Gasteiger partial charge >= 0.3 is 0 Å². The Labute approximate surface area is 310 Å². The molecule has 0 bridgehead atoms. The summed E-state index contributed by atoms with van der Waals surface area (Å²) in [7, 11) is 0. The summed E-state index contributed by atoms with van der Waals surface area (Å²) < 4.78 is 6.66. The van der Waals surface area contributed by atoms with Crippen molar-refractivity contribution < 1.29 is 14.3 Å². The Bertz CT molecular complexity index is 2190. The minimum absolute atomic E-state index is 0.00798. The summed E-state index contributed by atoms with van der Waals surface area (Å²) in [4.78, 5) is 46.6. The van der Waals surface area contributed by atoms with Gasteiger partial charge in [-0.3, -0.25) is 9.59 Å². The van der Waals surface area contributed by atoms with Gasteiger partial charge in [-0.25, -0.2) is 9.97 Å². The molecule has 2 fully saturated rings. The molecule has 0 spiro atoms. The van der Waals surface area contributed by atoms with E-state index in [1.165, 1.54) is 0 Å². The lowest BCUT2D eigenvalue weighted by atomic mass is 9.86. The van der Waals surface area contributed by atoms with E-state index in [4.69, 9.17) is 26.2 Å². The van der Waals surface area contributed by atoms with E-state index in [0.29, 0.717) is 13.1 Å². The zero-order chi connectivity index (χ0) is 37.1. The number of hydrogen-bond acceptors (Lipinski definition) is 7. The minimum Gasteiger partial charge on any atom is -0.456 e. The lowest BCUT2D eigenvalue weighted by molar-refractivity contribution is -0.135. The van der Waals surface area contributed by atoms with Crippen LogP contribution in [0.4, 0.5) is 0 Å². The van der Waals surface area contributed by atoms with E-state index in [-0.39, 0.29) is 41.7 Å². The van der Waals surface area contributed by atoms with Crippen LogP contribution in [0.15, 0.2) is 60.9 Å². The van der Waals surface area contributed by atoms with Gasteiger partial charge in [0, 0.05) is 46.6 Å². The second-order valence-corrected chi connectivity index (χ2v) is 15.8. The van der Waals surface area contributed by atoms with Crippen molar-refractivity contribution in [1.29, 1.82) is 0 Å². The first-order valence-corrected chi connectivity index (χ1v) is 19.1. The van der Waals surface area contributed by atoms with Crippen molar-refractivity contribution in [2.45, 2.75) is 90.4 Å². The summed E-state index contributed by atoms with van der Waals surface area (Å²) in [5.74, 6) is 3.57. The lowest BCUT2D eigenvalue weighted by Gasteiger charge is -2.28. The van der Waals surface area contributed by atoms with Crippen LogP contribution in [0, 0.1) is 11.8 Å². The average Bonchev–Trinajstić information content (AvgIpc) is 4.00. The van der Waals surface area contributed by atoms with E-state index in [2.05, 4.69) is 59.4 Å². The van der Waals surface area contributed by atoms with Crippen LogP contribution in [0.5, 0.6) is 11.5 Å². The fraction of sp³-hybridized carbons (Fsp3) is 0.429. The Morgan fingerprint density at radius 2 is 1.30 bits per heavy atom. The highest BCUT2D eigenvalue weighted by atomic mass is 16.5. The van der Waals surface area contributed by atoms with Crippen LogP contribution < -0.4 is 16.2 Å². The molecule has 5 heterocycles. The predicted octanol–water partition coefficient (Wildman–Crippen LogP) is 7.17. The second kappa shape index (κ2) is 13.8. The van der Waals surface area contributed by atoms with Crippen molar-refractivity contribution in [2.75, 3.05) is 13.1 Å². The number of ether oxygens (including phenoxy) is 1. The molecule has 3 aliphatic heterocycles. The number of carbonyl (C=O) groups excluding carboxylic acids is 2. The number of benzene rings is 3. The molecular formula is C42H50N8O3. The summed E-state index contributed by atoms with van der Waals surface area (Å²) in [5.41, 5.74) is 18.6. The summed E-state index contributed by atoms with van der Waals surface area (Å²) in [6.45, 7) is 11.5. The van der Waals surface area contributed by atoms with Gasteiger partial charge in [0.1, 0.15) is 23.1 Å².